The number of nitrogens with one attached hydrogen (secondary N) is 3. The van der Waals surface area contributed by atoms with Crippen LogP contribution < -0.4 is 20.7 Å². The van der Waals surface area contributed by atoms with Gasteiger partial charge in [0.25, 0.3) is 0 Å². The number of rotatable bonds is 9. The molecular weight excluding hydrogens is 464 g/mol. The summed E-state index contributed by atoms with van der Waals surface area (Å²) in [5.41, 5.74) is 4.16. The standard InChI is InChI=1S/C28H30N8O/c1-20-16-23(4-3-9-29)17-21(2)27(20)37-26-18-25(32-12-15-36-13-10-31-11-14-36)34-28(35-26)33-24-7-5-22(19-30)6-8-24/h3-8,16-18,31H,10-15H2,1-2H3,(H2,32,33,34,35)/b4-3+. The van der Waals surface area contributed by atoms with Gasteiger partial charge in [-0.25, -0.2) is 0 Å². The van der Waals surface area contributed by atoms with Gasteiger partial charge in [0.2, 0.25) is 11.8 Å². The quantitative estimate of drug-likeness (QED) is 0.373. The van der Waals surface area contributed by atoms with Gasteiger partial charge in [0.15, 0.2) is 0 Å². The van der Waals surface area contributed by atoms with Crippen LogP contribution in [0.5, 0.6) is 11.6 Å². The molecule has 9 heteroatoms. The van der Waals surface area contributed by atoms with E-state index in [0.717, 1.165) is 61.6 Å². The normalized spacial score (nSPS) is 13.6. The molecule has 0 aliphatic carbocycles. The first kappa shape index (κ1) is 25.6. The fraction of sp³-hybridized carbons (Fsp3) is 0.286. The molecule has 0 radical (unpaired) electrons. The number of nitrogens with zero attached hydrogens (tertiary/aromatic N) is 5. The molecule has 1 aliphatic heterocycles. The first-order valence-electron chi connectivity index (χ1n) is 12.2. The van der Waals surface area contributed by atoms with Crippen molar-refractivity contribution in [3.05, 3.63) is 70.8 Å². The molecule has 37 heavy (non-hydrogen) atoms. The largest absolute Gasteiger partial charge is 0.438 e. The predicted octanol–water partition coefficient (Wildman–Crippen LogP) is 4.35. The summed E-state index contributed by atoms with van der Waals surface area (Å²) >= 11 is 0. The van der Waals surface area contributed by atoms with Crippen molar-refractivity contribution >= 4 is 23.5 Å². The number of anilines is 3. The Morgan fingerprint density at radius 1 is 1.05 bits per heavy atom. The topological polar surface area (TPSA) is 122 Å². The third-order valence-corrected chi connectivity index (χ3v) is 5.96. The van der Waals surface area contributed by atoms with Crippen LogP contribution in [0.15, 0.2) is 48.5 Å². The molecule has 0 spiro atoms. The minimum absolute atomic E-state index is 0.385. The molecule has 1 fully saturated rings. The highest BCUT2D eigenvalue weighted by Gasteiger charge is 2.13. The number of allylic oxidation sites excluding steroid dienone is 1. The van der Waals surface area contributed by atoms with E-state index < -0.39 is 0 Å². The Bertz CT molecular complexity index is 1310. The van der Waals surface area contributed by atoms with Gasteiger partial charge >= 0.3 is 0 Å². The van der Waals surface area contributed by atoms with Gasteiger partial charge in [0, 0.05) is 57.1 Å². The average molecular weight is 495 g/mol. The molecule has 4 rings (SSSR count). The Morgan fingerprint density at radius 2 is 1.78 bits per heavy atom. The number of ether oxygens (including phenoxy) is 1. The molecule has 2 heterocycles. The van der Waals surface area contributed by atoms with E-state index in [1.165, 1.54) is 6.08 Å². The number of aromatic nitrogens is 2. The molecule has 0 bridgehead atoms. The van der Waals surface area contributed by atoms with Crippen LogP contribution in [-0.4, -0.2) is 54.1 Å². The number of aryl methyl sites for hydroxylation is 2. The zero-order valence-electron chi connectivity index (χ0n) is 21.1. The Labute approximate surface area is 217 Å². The van der Waals surface area contributed by atoms with Gasteiger partial charge in [-0.05, 0) is 73.0 Å². The van der Waals surface area contributed by atoms with Crippen LogP contribution in [-0.2, 0) is 0 Å². The third kappa shape index (κ3) is 7.28. The molecule has 0 amide bonds. The van der Waals surface area contributed by atoms with Gasteiger partial charge in [-0.3, -0.25) is 4.90 Å². The molecule has 1 aliphatic rings. The van der Waals surface area contributed by atoms with E-state index in [9.17, 15) is 0 Å². The molecule has 9 nitrogen and oxygen atoms in total. The van der Waals surface area contributed by atoms with Crippen molar-refractivity contribution in [2.75, 3.05) is 49.9 Å². The van der Waals surface area contributed by atoms with Crippen LogP contribution in [0.25, 0.3) is 6.08 Å². The highest BCUT2D eigenvalue weighted by Crippen LogP contribution is 2.31. The van der Waals surface area contributed by atoms with Crippen LogP contribution in [0.4, 0.5) is 17.5 Å². The lowest BCUT2D eigenvalue weighted by Crippen LogP contribution is -2.45. The maximum absolute atomic E-state index is 9.07. The van der Waals surface area contributed by atoms with Gasteiger partial charge in [0.1, 0.15) is 11.6 Å². The fourth-order valence-corrected chi connectivity index (χ4v) is 4.14. The van der Waals surface area contributed by atoms with Crippen molar-refractivity contribution in [3.8, 4) is 23.8 Å². The van der Waals surface area contributed by atoms with E-state index >= 15 is 0 Å². The van der Waals surface area contributed by atoms with Crippen molar-refractivity contribution in [1.82, 2.24) is 20.2 Å². The smallest absolute Gasteiger partial charge is 0.232 e. The minimum atomic E-state index is 0.385. The Kier molecular flexibility index (Phi) is 8.66. The van der Waals surface area contributed by atoms with E-state index in [1.807, 2.05) is 44.2 Å². The SMILES string of the molecule is Cc1cc(/C=C/C#N)cc(C)c1Oc1cc(NCCN2CCNCC2)nc(Nc2ccc(C#N)cc2)n1. The van der Waals surface area contributed by atoms with Crippen molar-refractivity contribution in [2.24, 2.45) is 0 Å². The number of hydrogen-bond acceptors (Lipinski definition) is 9. The summed E-state index contributed by atoms with van der Waals surface area (Å²) in [4.78, 5) is 11.6. The molecule has 3 aromatic rings. The number of hydrogen-bond donors (Lipinski definition) is 3. The first-order chi connectivity index (χ1) is 18.0. The zero-order valence-corrected chi connectivity index (χ0v) is 21.1. The summed E-state index contributed by atoms with van der Waals surface area (Å²) in [5, 5.41) is 27.9. The second-order valence-electron chi connectivity index (χ2n) is 8.80. The second kappa shape index (κ2) is 12.5. The van der Waals surface area contributed by atoms with Gasteiger partial charge in [-0.15, -0.1) is 0 Å². The summed E-state index contributed by atoms with van der Waals surface area (Å²) in [5.74, 6) is 2.15. The van der Waals surface area contributed by atoms with Gasteiger partial charge in [0.05, 0.1) is 17.7 Å². The lowest BCUT2D eigenvalue weighted by atomic mass is 10.1. The molecule has 0 saturated carbocycles. The summed E-state index contributed by atoms with van der Waals surface area (Å²) in [6.07, 6.45) is 3.23. The van der Waals surface area contributed by atoms with Crippen LogP contribution >= 0.6 is 0 Å². The molecule has 2 aromatic carbocycles. The molecule has 1 aromatic heterocycles. The molecule has 0 unspecified atom stereocenters. The molecular formula is C28H30N8O. The van der Waals surface area contributed by atoms with E-state index in [1.54, 1.807) is 24.3 Å². The minimum Gasteiger partial charge on any atom is -0.438 e. The van der Waals surface area contributed by atoms with E-state index in [-0.39, 0.29) is 0 Å². The Morgan fingerprint density at radius 3 is 2.46 bits per heavy atom. The maximum atomic E-state index is 9.07. The number of benzene rings is 2. The van der Waals surface area contributed by atoms with E-state index in [4.69, 9.17) is 15.3 Å². The average Bonchev–Trinajstić information content (AvgIpc) is 2.90. The van der Waals surface area contributed by atoms with Crippen LogP contribution in [0.2, 0.25) is 0 Å². The Balaban J connectivity index is 1.56. The van der Waals surface area contributed by atoms with E-state index in [2.05, 4.69) is 36.9 Å². The van der Waals surface area contributed by atoms with Gasteiger partial charge < -0.3 is 20.7 Å². The van der Waals surface area contributed by atoms with Crippen LogP contribution in [0, 0.1) is 36.5 Å². The second-order valence-corrected chi connectivity index (χ2v) is 8.80. The van der Waals surface area contributed by atoms with Gasteiger partial charge in [-0.2, -0.15) is 20.5 Å². The summed E-state index contributed by atoms with van der Waals surface area (Å²) in [7, 11) is 0. The summed E-state index contributed by atoms with van der Waals surface area (Å²) < 4.78 is 6.27. The first-order valence-corrected chi connectivity index (χ1v) is 12.2. The monoisotopic (exact) mass is 494 g/mol. The van der Waals surface area contributed by atoms with Crippen molar-refractivity contribution < 1.29 is 4.74 Å². The lowest BCUT2D eigenvalue weighted by Gasteiger charge is -2.27. The van der Waals surface area contributed by atoms with Crippen molar-refractivity contribution in [2.45, 2.75) is 13.8 Å². The highest BCUT2D eigenvalue weighted by atomic mass is 16.5. The van der Waals surface area contributed by atoms with Crippen LogP contribution in [0.1, 0.15) is 22.3 Å². The van der Waals surface area contributed by atoms with Crippen LogP contribution in [0.3, 0.4) is 0 Å². The Hall–Kier alpha value is -4.44. The number of nitriles is 2. The molecule has 1 saturated heterocycles. The third-order valence-electron chi connectivity index (χ3n) is 5.96. The van der Waals surface area contributed by atoms with Crippen molar-refractivity contribution in [1.29, 1.82) is 10.5 Å². The zero-order chi connectivity index (χ0) is 26.0. The maximum Gasteiger partial charge on any atom is 0.232 e. The predicted molar refractivity (Wildman–Crippen MR) is 145 cm³/mol. The van der Waals surface area contributed by atoms with Crippen molar-refractivity contribution in [3.63, 3.8) is 0 Å². The van der Waals surface area contributed by atoms with E-state index in [0.29, 0.717) is 29.0 Å². The fourth-order valence-electron chi connectivity index (χ4n) is 4.14. The number of piperazine rings is 1. The molecule has 188 valence electrons. The summed E-state index contributed by atoms with van der Waals surface area (Å²) in [6, 6.07) is 17.0. The lowest BCUT2D eigenvalue weighted by molar-refractivity contribution is 0.249. The highest BCUT2D eigenvalue weighted by molar-refractivity contribution is 5.59. The molecule has 0 atom stereocenters. The molecule has 3 N–H and O–H groups in total. The summed E-state index contributed by atoms with van der Waals surface area (Å²) in [6.45, 7) is 9.67. The van der Waals surface area contributed by atoms with Gasteiger partial charge in [-0.1, -0.05) is 0 Å².